The van der Waals surface area contributed by atoms with Crippen molar-refractivity contribution in [1.82, 2.24) is 15.1 Å². The Kier molecular flexibility index (Phi) is 19.5. The summed E-state index contributed by atoms with van der Waals surface area (Å²) in [5.41, 5.74) is 10.8. The lowest BCUT2D eigenvalue weighted by atomic mass is 10.0. The number of ketones is 2. The zero-order valence-corrected chi connectivity index (χ0v) is 38.8. The van der Waals surface area contributed by atoms with E-state index in [1.807, 2.05) is 48.5 Å². The van der Waals surface area contributed by atoms with E-state index in [-0.39, 0.29) is 30.1 Å². The van der Waals surface area contributed by atoms with Crippen LogP contribution in [0, 0.1) is 0 Å². The third-order valence-corrected chi connectivity index (χ3v) is 11.8. The highest BCUT2D eigenvalue weighted by Gasteiger charge is 2.21. The first-order chi connectivity index (χ1) is 32.5. The van der Waals surface area contributed by atoms with Crippen molar-refractivity contribution >= 4 is 46.6 Å². The van der Waals surface area contributed by atoms with Crippen LogP contribution in [0.4, 0.5) is 0 Å². The zero-order chi connectivity index (χ0) is 47.4. The molecule has 1 amide bonds. The number of piperidine rings is 2. The molecule has 2 heterocycles. The molecule has 8 rings (SSSR count). The molecule has 0 radical (unpaired) electrons. The molecule has 0 bridgehead atoms. The van der Waals surface area contributed by atoms with Crippen LogP contribution < -0.4 is 20.5 Å². The number of amides is 1. The van der Waals surface area contributed by atoms with E-state index < -0.39 is 12.6 Å². The fourth-order valence-electron chi connectivity index (χ4n) is 7.52. The molecular formula is C54H56Cl2N4O7. The van der Waals surface area contributed by atoms with Crippen LogP contribution in [-0.2, 0) is 22.7 Å². The summed E-state index contributed by atoms with van der Waals surface area (Å²) in [5.74, 6) is -0.299. The molecule has 2 fully saturated rings. The van der Waals surface area contributed by atoms with Crippen molar-refractivity contribution < 1.29 is 33.8 Å². The highest BCUT2D eigenvalue weighted by molar-refractivity contribution is 6.30. The number of halogens is 2. The molecule has 6 aromatic rings. The first kappa shape index (κ1) is 50.1. The maximum absolute atomic E-state index is 12.5. The molecule has 0 saturated carbocycles. The van der Waals surface area contributed by atoms with Gasteiger partial charge in [-0.25, -0.2) is 4.79 Å². The molecule has 2 aliphatic heterocycles. The Labute approximate surface area is 402 Å². The van der Waals surface area contributed by atoms with Crippen LogP contribution >= 0.6 is 23.2 Å². The molecule has 2 saturated heterocycles. The summed E-state index contributed by atoms with van der Waals surface area (Å²) >= 11 is 11.8. The number of carboxylic acid groups (broad SMARTS) is 1. The van der Waals surface area contributed by atoms with Crippen LogP contribution in [-0.4, -0.2) is 89.8 Å². The molecule has 13 heteroatoms. The van der Waals surface area contributed by atoms with Gasteiger partial charge < -0.3 is 25.6 Å². The lowest BCUT2D eigenvalue weighted by molar-refractivity contribution is -0.139. The van der Waals surface area contributed by atoms with Crippen molar-refractivity contribution in [3.63, 3.8) is 0 Å². The number of carboxylic acids is 1. The zero-order valence-electron chi connectivity index (χ0n) is 37.3. The average molecular weight is 944 g/mol. The number of nitrogens with zero attached hydrogens (tertiary/aromatic N) is 2. The number of nitrogens with two attached hydrogens (primary N) is 1. The van der Waals surface area contributed by atoms with E-state index in [1.165, 1.54) is 11.1 Å². The van der Waals surface area contributed by atoms with Crippen LogP contribution in [0.2, 0.25) is 10.0 Å². The number of hydrogen-bond donors (Lipinski definition) is 3. The van der Waals surface area contributed by atoms with Crippen molar-refractivity contribution in [3.8, 4) is 11.5 Å². The van der Waals surface area contributed by atoms with Crippen LogP contribution in [0.5, 0.6) is 11.5 Å². The van der Waals surface area contributed by atoms with E-state index in [0.29, 0.717) is 39.8 Å². The monoisotopic (exact) mass is 942 g/mol. The van der Waals surface area contributed by atoms with Gasteiger partial charge in [-0.1, -0.05) is 108 Å². The molecule has 2 aliphatic rings. The van der Waals surface area contributed by atoms with Gasteiger partial charge in [-0.2, -0.15) is 0 Å². The Hall–Kier alpha value is -6.34. The Balaban J connectivity index is 0.000000183. The summed E-state index contributed by atoms with van der Waals surface area (Å²) < 4.78 is 10.6. The molecule has 4 N–H and O–H groups in total. The fraction of sp³-hybridized carbons (Fsp3) is 0.259. The second-order valence-corrected chi connectivity index (χ2v) is 17.3. The van der Waals surface area contributed by atoms with E-state index in [9.17, 15) is 19.2 Å². The smallest absolute Gasteiger partial charge is 0.341 e. The number of rotatable bonds is 15. The first-order valence-corrected chi connectivity index (χ1v) is 23.1. The molecule has 67 heavy (non-hydrogen) atoms. The average Bonchev–Trinajstić information content (AvgIpc) is 3.36. The van der Waals surface area contributed by atoms with Crippen molar-refractivity contribution in [3.05, 3.63) is 201 Å². The summed E-state index contributed by atoms with van der Waals surface area (Å²) in [6.45, 7) is 5.57. The number of carbonyl (C=O) groups is 4. The van der Waals surface area contributed by atoms with Gasteiger partial charge in [0.1, 0.15) is 11.5 Å². The minimum atomic E-state index is -1.04. The minimum absolute atomic E-state index is 0.0395. The predicted octanol–water partition coefficient (Wildman–Crippen LogP) is 9.37. The molecule has 0 aliphatic carbocycles. The summed E-state index contributed by atoms with van der Waals surface area (Å²) in [6.07, 6.45) is 4.06. The van der Waals surface area contributed by atoms with Gasteiger partial charge in [-0.15, -0.1) is 0 Å². The van der Waals surface area contributed by atoms with Crippen molar-refractivity contribution in [2.24, 2.45) is 5.73 Å². The molecule has 0 atom stereocenters. The molecule has 0 aromatic heterocycles. The maximum atomic E-state index is 12.5. The summed E-state index contributed by atoms with van der Waals surface area (Å²) in [7, 11) is 0. The van der Waals surface area contributed by atoms with Gasteiger partial charge >= 0.3 is 5.97 Å². The minimum Gasteiger partial charge on any atom is -0.484 e. The lowest BCUT2D eigenvalue weighted by Crippen LogP contribution is -2.45. The predicted molar refractivity (Wildman–Crippen MR) is 263 cm³/mol. The number of carbonyl (C=O) groups excluding carboxylic acids is 3. The second kappa shape index (κ2) is 26.1. The molecule has 11 nitrogen and oxygen atoms in total. The third-order valence-electron chi connectivity index (χ3n) is 11.3. The molecule has 6 aromatic carbocycles. The number of benzene rings is 6. The van der Waals surface area contributed by atoms with E-state index >= 15 is 0 Å². The van der Waals surface area contributed by atoms with E-state index in [4.69, 9.17) is 43.5 Å². The Morgan fingerprint density at radius 2 is 0.896 bits per heavy atom. The first-order valence-electron chi connectivity index (χ1n) is 22.3. The Morgan fingerprint density at radius 1 is 0.522 bits per heavy atom. The standard InChI is InChI=1S/C27H27ClN2O3.C15H12O4.C12H17ClN2/c28-23-10-6-20(7-11-23)18-30-16-14-24(15-17-30)29-26(31)19-33-25-12-8-22(9-13-25)27(32)21-4-2-1-3-5-21;16-14(17)10-19-13-8-6-12(7-9-13)15(18)11-4-2-1-3-5-11;13-11-3-1-10(2-4-11)9-15-7-5-12(14)6-8-15/h1-13,24H,14-19H2,(H,29,31);1-9H,10H2,(H,16,17);1-4,12H,5-9,14H2. The third kappa shape index (κ3) is 17.1. The Bertz CT molecular complexity index is 2460. The molecule has 348 valence electrons. The summed E-state index contributed by atoms with van der Waals surface area (Å²) in [6, 6.07) is 48.0. The summed E-state index contributed by atoms with van der Waals surface area (Å²) in [4.78, 5) is 52.1. The number of aliphatic carboxylic acids is 1. The quantitative estimate of drug-likeness (QED) is 0.0850. The Morgan fingerprint density at radius 3 is 1.30 bits per heavy atom. The number of hydrogen-bond acceptors (Lipinski definition) is 9. The number of ether oxygens (including phenoxy) is 2. The van der Waals surface area contributed by atoms with Gasteiger partial charge in [0.05, 0.1) is 0 Å². The van der Waals surface area contributed by atoms with Crippen molar-refractivity contribution in [2.75, 3.05) is 39.4 Å². The molecule has 0 unspecified atom stereocenters. The normalized spacial score (nSPS) is 14.3. The number of likely N-dealkylation sites (tertiary alicyclic amines) is 2. The van der Waals surface area contributed by atoms with Crippen LogP contribution in [0.25, 0.3) is 0 Å². The molecule has 0 spiro atoms. The van der Waals surface area contributed by atoms with Gasteiger partial charge in [0.2, 0.25) is 0 Å². The van der Waals surface area contributed by atoms with Crippen LogP contribution in [0.15, 0.2) is 158 Å². The van der Waals surface area contributed by atoms with E-state index in [1.54, 1.807) is 84.9 Å². The van der Waals surface area contributed by atoms with Crippen LogP contribution in [0.3, 0.4) is 0 Å². The molecular weight excluding hydrogens is 888 g/mol. The fourth-order valence-corrected chi connectivity index (χ4v) is 7.78. The number of nitrogens with one attached hydrogen (secondary N) is 1. The lowest BCUT2D eigenvalue weighted by Gasteiger charge is -2.32. The van der Waals surface area contributed by atoms with E-state index in [0.717, 1.165) is 75.0 Å². The highest BCUT2D eigenvalue weighted by atomic mass is 35.5. The van der Waals surface area contributed by atoms with Crippen LogP contribution in [0.1, 0.15) is 68.7 Å². The maximum Gasteiger partial charge on any atom is 0.341 e. The summed E-state index contributed by atoms with van der Waals surface area (Å²) in [5, 5.41) is 13.1. The highest BCUT2D eigenvalue weighted by Crippen LogP contribution is 2.20. The van der Waals surface area contributed by atoms with Gasteiger partial charge in [0.15, 0.2) is 24.8 Å². The topological polar surface area (TPSA) is 152 Å². The van der Waals surface area contributed by atoms with Gasteiger partial charge in [0.25, 0.3) is 5.91 Å². The van der Waals surface area contributed by atoms with Crippen molar-refractivity contribution in [1.29, 1.82) is 0 Å². The second-order valence-electron chi connectivity index (χ2n) is 16.4. The van der Waals surface area contributed by atoms with Gasteiger partial charge in [0, 0.05) is 70.6 Å². The van der Waals surface area contributed by atoms with Gasteiger partial charge in [-0.3, -0.25) is 24.2 Å². The van der Waals surface area contributed by atoms with E-state index in [2.05, 4.69) is 39.4 Å². The van der Waals surface area contributed by atoms with Crippen molar-refractivity contribution in [2.45, 2.75) is 50.9 Å². The SMILES string of the molecule is NC1CCN(Cc2ccc(Cl)cc2)CC1.O=C(COc1ccc(C(=O)c2ccccc2)cc1)NC1CCN(Cc2ccc(Cl)cc2)CC1.O=C(O)COc1ccc(C(=O)c2ccccc2)cc1. The van der Waals surface area contributed by atoms with Gasteiger partial charge in [-0.05, 0) is 123 Å². The largest absolute Gasteiger partial charge is 0.484 e.